The Hall–Kier alpha value is -1.27. The Bertz CT molecular complexity index is 540. The summed E-state index contributed by atoms with van der Waals surface area (Å²) in [6, 6.07) is 5.36. The van der Waals surface area contributed by atoms with E-state index in [4.69, 9.17) is 0 Å². The monoisotopic (exact) mass is 326 g/mol. The molecule has 0 spiro atoms. The van der Waals surface area contributed by atoms with E-state index in [1.807, 2.05) is 6.07 Å². The highest BCUT2D eigenvalue weighted by atomic mass is 32.2. The number of aryl methyl sites for hydroxylation is 2. The predicted octanol–water partition coefficient (Wildman–Crippen LogP) is 3.03. The van der Waals surface area contributed by atoms with Crippen molar-refractivity contribution in [2.24, 2.45) is 0 Å². The number of hydrogen-bond donors (Lipinski definition) is 1. The molecule has 0 fully saturated rings. The molecule has 0 aliphatic rings. The zero-order valence-corrected chi connectivity index (χ0v) is 13.7. The Morgan fingerprint density at radius 2 is 1.57 bits per heavy atom. The topological polar surface area (TPSA) is 71.4 Å². The van der Waals surface area contributed by atoms with Crippen LogP contribution in [0.3, 0.4) is 0 Å². The summed E-state index contributed by atoms with van der Waals surface area (Å²) in [5, 5.41) is 9.37. The van der Waals surface area contributed by atoms with E-state index in [1.165, 1.54) is 37.4 Å². The number of hydrogen-bond acceptors (Lipinski definition) is 5. The summed E-state index contributed by atoms with van der Waals surface area (Å²) in [4.78, 5) is 33.1. The van der Waals surface area contributed by atoms with Crippen molar-refractivity contribution in [1.82, 2.24) is 0 Å². The van der Waals surface area contributed by atoms with Gasteiger partial charge in [0.1, 0.15) is 0 Å². The van der Waals surface area contributed by atoms with Crippen molar-refractivity contribution < 1.29 is 19.5 Å². The molecular formula is C15H18O4S2. The first kappa shape index (κ1) is 17.8. The largest absolute Gasteiger partial charge is 0.478 e. The van der Waals surface area contributed by atoms with Crippen molar-refractivity contribution >= 4 is 39.7 Å². The number of aromatic carboxylic acids is 1. The van der Waals surface area contributed by atoms with Crippen LogP contribution < -0.4 is 0 Å². The molecule has 0 heterocycles. The second-order valence-electron chi connectivity index (χ2n) is 4.48. The number of carboxylic acid groups (broad SMARTS) is 1. The Morgan fingerprint density at radius 3 is 2.10 bits per heavy atom. The van der Waals surface area contributed by atoms with Crippen molar-refractivity contribution in [1.29, 1.82) is 0 Å². The lowest BCUT2D eigenvalue weighted by Crippen LogP contribution is -2.06. The maximum absolute atomic E-state index is 11.3. The van der Waals surface area contributed by atoms with E-state index in [2.05, 4.69) is 0 Å². The first-order chi connectivity index (χ1) is 9.90. The highest BCUT2D eigenvalue weighted by Crippen LogP contribution is 2.17. The molecule has 1 N–H and O–H groups in total. The van der Waals surface area contributed by atoms with Crippen molar-refractivity contribution in [2.75, 3.05) is 11.5 Å². The van der Waals surface area contributed by atoms with Gasteiger partial charge in [-0.05, 0) is 30.0 Å². The fourth-order valence-corrected chi connectivity index (χ4v) is 3.05. The van der Waals surface area contributed by atoms with Gasteiger partial charge in [0.05, 0.1) is 5.56 Å². The number of thioether (sulfide) groups is 2. The van der Waals surface area contributed by atoms with Crippen LogP contribution in [0.15, 0.2) is 18.2 Å². The fourth-order valence-electron chi connectivity index (χ4n) is 1.81. The zero-order chi connectivity index (χ0) is 15.8. The molecule has 0 bridgehead atoms. The SMILES string of the molecule is CC(=O)SCCc1ccc(CCSC(C)=O)c(C(=O)O)c1. The lowest BCUT2D eigenvalue weighted by Gasteiger charge is -2.08. The van der Waals surface area contributed by atoms with Gasteiger partial charge in [0, 0.05) is 25.4 Å². The van der Waals surface area contributed by atoms with Crippen LogP contribution in [-0.4, -0.2) is 32.8 Å². The average molecular weight is 326 g/mol. The van der Waals surface area contributed by atoms with Crippen LogP contribution in [0.2, 0.25) is 0 Å². The van der Waals surface area contributed by atoms with Gasteiger partial charge in [-0.3, -0.25) is 9.59 Å². The molecule has 1 rings (SSSR count). The minimum Gasteiger partial charge on any atom is -0.478 e. The lowest BCUT2D eigenvalue weighted by atomic mass is 10.0. The highest BCUT2D eigenvalue weighted by Gasteiger charge is 2.11. The van der Waals surface area contributed by atoms with Crippen LogP contribution in [0.25, 0.3) is 0 Å². The maximum atomic E-state index is 11.3. The minimum absolute atomic E-state index is 0.0322. The van der Waals surface area contributed by atoms with Crippen LogP contribution in [-0.2, 0) is 22.4 Å². The van der Waals surface area contributed by atoms with E-state index in [-0.39, 0.29) is 15.8 Å². The number of carboxylic acids is 1. The Morgan fingerprint density at radius 1 is 1.00 bits per heavy atom. The first-order valence-corrected chi connectivity index (χ1v) is 8.49. The molecule has 0 atom stereocenters. The number of rotatable bonds is 7. The lowest BCUT2D eigenvalue weighted by molar-refractivity contribution is -0.109. The number of benzene rings is 1. The standard InChI is InChI=1S/C15H18O4S2/c1-10(16)20-7-5-12-3-4-13(6-8-21-11(2)17)14(9-12)15(18)19/h3-4,9H,5-8H2,1-2H3,(H,18,19). The molecule has 0 radical (unpaired) electrons. The molecule has 0 aromatic heterocycles. The average Bonchev–Trinajstić information content (AvgIpc) is 2.39. The number of carbonyl (C=O) groups excluding carboxylic acids is 2. The molecule has 0 amide bonds. The first-order valence-electron chi connectivity index (χ1n) is 6.52. The third kappa shape index (κ3) is 6.82. The normalized spacial score (nSPS) is 10.4. The molecule has 0 aliphatic heterocycles. The summed E-state index contributed by atoms with van der Waals surface area (Å²) in [6.07, 6.45) is 1.21. The molecule has 21 heavy (non-hydrogen) atoms. The van der Waals surface area contributed by atoms with Crippen LogP contribution >= 0.6 is 23.5 Å². The van der Waals surface area contributed by atoms with Crippen molar-refractivity contribution in [3.63, 3.8) is 0 Å². The maximum Gasteiger partial charge on any atom is 0.335 e. The van der Waals surface area contributed by atoms with Crippen LogP contribution in [0.1, 0.15) is 35.3 Å². The molecule has 6 heteroatoms. The molecule has 4 nitrogen and oxygen atoms in total. The van der Waals surface area contributed by atoms with Gasteiger partial charge in [0.15, 0.2) is 10.2 Å². The third-order valence-electron chi connectivity index (χ3n) is 2.78. The predicted molar refractivity (Wildman–Crippen MR) is 87.1 cm³/mol. The summed E-state index contributed by atoms with van der Waals surface area (Å²) >= 11 is 2.43. The van der Waals surface area contributed by atoms with Crippen LogP contribution in [0.5, 0.6) is 0 Å². The van der Waals surface area contributed by atoms with E-state index in [9.17, 15) is 19.5 Å². The van der Waals surface area contributed by atoms with E-state index in [1.54, 1.807) is 12.1 Å². The zero-order valence-electron chi connectivity index (χ0n) is 12.0. The van der Waals surface area contributed by atoms with Crippen molar-refractivity contribution in [3.8, 4) is 0 Å². The second-order valence-corrected chi connectivity index (χ2v) is 7.02. The summed E-state index contributed by atoms with van der Waals surface area (Å²) in [6.45, 7) is 3.02. The van der Waals surface area contributed by atoms with Gasteiger partial charge in [-0.15, -0.1) is 0 Å². The van der Waals surface area contributed by atoms with Gasteiger partial charge in [0.2, 0.25) is 0 Å². The minimum atomic E-state index is -0.959. The van der Waals surface area contributed by atoms with Gasteiger partial charge in [-0.25, -0.2) is 4.79 Å². The Labute approximate surface area is 132 Å². The third-order valence-corrected chi connectivity index (χ3v) is 4.41. The molecular weight excluding hydrogens is 308 g/mol. The van der Waals surface area contributed by atoms with E-state index in [0.29, 0.717) is 24.3 Å². The Kier molecular flexibility index (Phi) is 7.53. The number of carbonyl (C=O) groups is 3. The van der Waals surface area contributed by atoms with Gasteiger partial charge in [0.25, 0.3) is 0 Å². The van der Waals surface area contributed by atoms with Gasteiger partial charge in [-0.2, -0.15) is 0 Å². The van der Waals surface area contributed by atoms with Crippen LogP contribution in [0, 0.1) is 0 Å². The van der Waals surface area contributed by atoms with E-state index in [0.717, 1.165) is 11.1 Å². The van der Waals surface area contributed by atoms with Crippen molar-refractivity contribution in [3.05, 3.63) is 34.9 Å². The van der Waals surface area contributed by atoms with Gasteiger partial charge >= 0.3 is 5.97 Å². The summed E-state index contributed by atoms with van der Waals surface area (Å²) < 4.78 is 0. The van der Waals surface area contributed by atoms with Crippen molar-refractivity contribution in [2.45, 2.75) is 26.7 Å². The van der Waals surface area contributed by atoms with E-state index < -0.39 is 5.97 Å². The van der Waals surface area contributed by atoms with Gasteiger partial charge < -0.3 is 5.11 Å². The second kappa shape index (κ2) is 8.89. The molecule has 0 saturated carbocycles. The molecule has 1 aromatic rings. The quantitative estimate of drug-likeness (QED) is 0.830. The fraction of sp³-hybridized carbons (Fsp3) is 0.400. The summed E-state index contributed by atoms with van der Waals surface area (Å²) in [7, 11) is 0. The van der Waals surface area contributed by atoms with E-state index >= 15 is 0 Å². The van der Waals surface area contributed by atoms with Gasteiger partial charge in [-0.1, -0.05) is 35.7 Å². The molecule has 0 saturated heterocycles. The Balaban J connectivity index is 2.74. The molecule has 0 unspecified atom stereocenters. The molecule has 0 aliphatic carbocycles. The summed E-state index contributed by atoms with van der Waals surface area (Å²) in [5.41, 5.74) is 1.92. The smallest absolute Gasteiger partial charge is 0.335 e. The summed E-state index contributed by atoms with van der Waals surface area (Å²) in [5.74, 6) is 0.266. The molecule has 1 aromatic carbocycles. The highest BCUT2D eigenvalue weighted by molar-refractivity contribution is 8.13. The molecule has 114 valence electrons. The van der Waals surface area contributed by atoms with Crippen LogP contribution in [0.4, 0.5) is 0 Å².